The van der Waals surface area contributed by atoms with Crippen LogP contribution in [0.4, 0.5) is 11.4 Å². The Kier molecular flexibility index (Phi) is 2.81. The highest BCUT2D eigenvalue weighted by Crippen LogP contribution is 2.35. The quantitative estimate of drug-likeness (QED) is 0.847. The summed E-state index contributed by atoms with van der Waals surface area (Å²) < 4.78 is 5.39. The maximum absolute atomic E-state index is 11.4. The Morgan fingerprint density at radius 1 is 1.53 bits per heavy atom. The summed E-state index contributed by atoms with van der Waals surface area (Å²) >= 11 is 0. The number of rotatable bonds is 2. The monoisotopic (exact) mass is 259 g/mol. The number of benzene rings is 1. The van der Waals surface area contributed by atoms with E-state index in [1.54, 1.807) is 12.5 Å². The summed E-state index contributed by atoms with van der Waals surface area (Å²) in [6.45, 7) is 2.90. The molecule has 1 amide bonds. The molecule has 3 rings (SSSR count). The molecule has 1 aromatic carbocycles. The average Bonchev–Trinajstić information content (AvgIpc) is 2.80. The first-order valence-electron chi connectivity index (χ1n) is 6.45. The fourth-order valence-corrected chi connectivity index (χ4v) is 2.83. The van der Waals surface area contributed by atoms with Gasteiger partial charge in [0.05, 0.1) is 11.6 Å². The fraction of sp³-hybridized carbons (Fsp3) is 0.357. The third kappa shape index (κ3) is 2.01. The van der Waals surface area contributed by atoms with Crippen molar-refractivity contribution in [3.63, 3.8) is 0 Å². The van der Waals surface area contributed by atoms with E-state index in [9.17, 15) is 4.79 Å². The lowest BCUT2D eigenvalue weighted by Gasteiger charge is -2.27. The number of ether oxygens (including phenoxy) is 1. The lowest BCUT2D eigenvalue weighted by atomic mass is 10.0. The minimum absolute atomic E-state index is 0.0693. The molecule has 2 unspecified atom stereocenters. The molecule has 1 fully saturated rings. The number of carbonyl (C=O) groups is 1. The van der Waals surface area contributed by atoms with Gasteiger partial charge in [0.15, 0.2) is 0 Å². The number of amides is 1. The van der Waals surface area contributed by atoms with Gasteiger partial charge in [-0.1, -0.05) is 0 Å². The molecule has 2 atom stereocenters. The summed E-state index contributed by atoms with van der Waals surface area (Å²) in [6, 6.07) is 6.12. The predicted molar refractivity (Wildman–Crippen MR) is 73.9 cm³/mol. The summed E-state index contributed by atoms with van der Waals surface area (Å²) in [5, 5.41) is 3.15. The molecule has 0 aliphatic carbocycles. The van der Waals surface area contributed by atoms with Crippen LogP contribution in [0.15, 0.2) is 30.7 Å². The summed E-state index contributed by atoms with van der Waals surface area (Å²) in [5.74, 6) is 0.530. The highest BCUT2D eigenvalue weighted by molar-refractivity contribution is 5.79. The van der Waals surface area contributed by atoms with Gasteiger partial charge in [-0.3, -0.25) is 4.79 Å². The number of hydrogen-bond acceptors (Lipinski definition) is 4. The average molecular weight is 259 g/mol. The van der Waals surface area contributed by atoms with Crippen LogP contribution in [0.3, 0.4) is 0 Å². The Morgan fingerprint density at radius 3 is 3.11 bits per heavy atom. The minimum atomic E-state index is -0.211. The first-order valence-corrected chi connectivity index (χ1v) is 6.45. The minimum Gasteiger partial charge on any atom is -0.461 e. The first kappa shape index (κ1) is 11.9. The summed E-state index contributed by atoms with van der Waals surface area (Å²) in [6.07, 6.45) is 4.19. The topological polar surface area (TPSA) is 67.6 Å². The molecular formula is C14H17N3O2. The molecule has 2 heterocycles. The van der Waals surface area contributed by atoms with Crippen molar-refractivity contribution in [3.05, 3.63) is 30.7 Å². The highest BCUT2D eigenvalue weighted by atomic mass is 16.5. The molecule has 0 bridgehead atoms. The van der Waals surface area contributed by atoms with Gasteiger partial charge in [-0.15, -0.1) is 0 Å². The Labute approximate surface area is 112 Å². The maximum Gasteiger partial charge on any atom is 0.222 e. The Hall–Kier alpha value is -2.17. The molecule has 5 nitrogen and oxygen atoms in total. The number of fused-ring (bicyclic) bond motifs is 1. The van der Waals surface area contributed by atoms with Gasteiger partial charge in [0, 0.05) is 24.5 Å². The molecule has 2 aliphatic rings. The third-order valence-electron chi connectivity index (χ3n) is 3.92. The number of nitrogens with zero attached hydrogens (tertiary/aromatic N) is 1. The largest absolute Gasteiger partial charge is 0.461 e. The number of hydrogen-bond donors (Lipinski definition) is 2. The summed E-state index contributed by atoms with van der Waals surface area (Å²) in [4.78, 5) is 13.6. The van der Waals surface area contributed by atoms with Crippen LogP contribution < -0.4 is 20.7 Å². The van der Waals surface area contributed by atoms with Crippen LogP contribution in [0.1, 0.15) is 13.3 Å². The second kappa shape index (κ2) is 4.50. The van der Waals surface area contributed by atoms with Crippen molar-refractivity contribution in [2.45, 2.75) is 19.4 Å². The van der Waals surface area contributed by atoms with Gasteiger partial charge in [-0.2, -0.15) is 0 Å². The molecule has 1 saturated heterocycles. The van der Waals surface area contributed by atoms with Crippen LogP contribution in [-0.2, 0) is 4.79 Å². The van der Waals surface area contributed by atoms with Crippen molar-refractivity contribution in [3.8, 4) is 5.75 Å². The lowest BCUT2D eigenvalue weighted by molar-refractivity contribution is -0.121. The predicted octanol–water partition coefficient (Wildman–Crippen LogP) is 1.66. The van der Waals surface area contributed by atoms with Crippen molar-refractivity contribution in [1.29, 1.82) is 0 Å². The molecule has 2 aliphatic heterocycles. The molecule has 100 valence electrons. The number of nitrogens with one attached hydrogen (secondary N) is 1. The van der Waals surface area contributed by atoms with Gasteiger partial charge in [-0.25, -0.2) is 0 Å². The standard InChI is InChI=1S/C14H17N3O2/c1-9-11(14(15)18)4-6-17(9)10-2-3-13-12(8-10)16-5-7-19-13/h2-3,5,7-9,11,16H,4,6H2,1H3,(H2,15,18). The van der Waals surface area contributed by atoms with Crippen LogP contribution in [0, 0.1) is 5.92 Å². The summed E-state index contributed by atoms with van der Waals surface area (Å²) in [5.41, 5.74) is 7.46. The van der Waals surface area contributed by atoms with Crippen LogP contribution in [0.2, 0.25) is 0 Å². The molecule has 3 N–H and O–H groups in total. The van der Waals surface area contributed by atoms with E-state index in [0.717, 1.165) is 30.1 Å². The lowest BCUT2D eigenvalue weighted by Crippen LogP contribution is -2.35. The second-order valence-electron chi connectivity index (χ2n) is 4.98. The third-order valence-corrected chi connectivity index (χ3v) is 3.92. The van der Waals surface area contributed by atoms with Crippen molar-refractivity contribution in [2.24, 2.45) is 11.7 Å². The van der Waals surface area contributed by atoms with Gasteiger partial charge in [0.25, 0.3) is 0 Å². The Balaban J connectivity index is 1.86. The molecule has 0 aromatic heterocycles. The smallest absolute Gasteiger partial charge is 0.222 e. The number of nitrogens with two attached hydrogens (primary N) is 1. The Morgan fingerprint density at radius 2 is 2.37 bits per heavy atom. The number of anilines is 2. The molecule has 19 heavy (non-hydrogen) atoms. The zero-order chi connectivity index (χ0) is 13.4. The van der Waals surface area contributed by atoms with Crippen molar-refractivity contribution >= 4 is 17.3 Å². The van der Waals surface area contributed by atoms with Crippen molar-refractivity contribution < 1.29 is 9.53 Å². The van der Waals surface area contributed by atoms with Crippen LogP contribution >= 0.6 is 0 Å². The Bertz CT molecular complexity index is 541. The van der Waals surface area contributed by atoms with E-state index in [2.05, 4.69) is 10.2 Å². The van der Waals surface area contributed by atoms with E-state index < -0.39 is 0 Å². The normalized spacial score (nSPS) is 24.6. The van der Waals surface area contributed by atoms with E-state index >= 15 is 0 Å². The van der Waals surface area contributed by atoms with Gasteiger partial charge < -0.3 is 20.7 Å². The van der Waals surface area contributed by atoms with E-state index in [0.29, 0.717) is 0 Å². The van der Waals surface area contributed by atoms with Gasteiger partial charge in [0.2, 0.25) is 5.91 Å². The molecule has 1 aromatic rings. The maximum atomic E-state index is 11.4. The zero-order valence-corrected chi connectivity index (χ0v) is 10.8. The van der Waals surface area contributed by atoms with Gasteiger partial charge >= 0.3 is 0 Å². The van der Waals surface area contributed by atoms with Gasteiger partial charge in [-0.05, 0) is 31.5 Å². The van der Waals surface area contributed by atoms with E-state index in [1.807, 2.05) is 25.1 Å². The highest BCUT2D eigenvalue weighted by Gasteiger charge is 2.34. The molecule has 0 radical (unpaired) electrons. The number of primary amides is 1. The molecule has 0 spiro atoms. The SMILES string of the molecule is CC1C(C(N)=O)CCN1c1ccc2c(c1)NC=CO2. The van der Waals surface area contributed by atoms with Crippen LogP contribution in [0.25, 0.3) is 0 Å². The van der Waals surface area contributed by atoms with E-state index in [-0.39, 0.29) is 17.9 Å². The summed E-state index contributed by atoms with van der Waals surface area (Å²) in [7, 11) is 0. The van der Waals surface area contributed by atoms with Crippen molar-refractivity contribution in [2.75, 3.05) is 16.8 Å². The van der Waals surface area contributed by atoms with Gasteiger partial charge in [0.1, 0.15) is 12.0 Å². The number of carbonyl (C=O) groups excluding carboxylic acids is 1. The fourth-order valence-electron chi connectivity index (χ4n) is 2.83. The van der Waals surface area contributed by atoms with Crippen molar-refractivity contribution in [1.82, 2.24) is 0 Å². The van der Waals surface area contributed by atoms with E-state index in [4.69, 9.17) is 10.5 Å². The first-order chi connectivity index (χ1) is 9.16. The van der Waals surface area contributed by atoms with E-state index in [1.165, 1.54) is 0 Å². The molecule has 5 heteroatoms. The zero-order valence-electron chi connectivity index (χ0n) is 10.8. The second-order valence-corrected chi connectivity index (χ2v) is 4.98. The van der Waals surface area contributed by atoms with Crippen LogP contribution in [-0.4, -0.2) is 18.5 Å². The van der Waals surface area contributed by atoms with Crippen LogP contribution in [0.5, 0.6) is 5.75 Å². The molecule has 0 saturated carbocycles. The molecular weight excluding hydrogens is 242 g/mol.